The highest BCUT2D eigenvalue weighted by Crippen LogP contribution is 2.32. The maximum Gasteiger partial charge on any atom is 0.293 e. The molecule has 1 aliphatic rings. The third kappa shape index (κ3) is 4.51. The van der Waals surface area contributed by atoms with Gasteiger partial charge in [-0.3, -0.25) is 14.5 Å². The molecule has 0 saturated carbocycles. The fourth-order valence-electron chi connectivity index (χ4n) is 2.55. The number of carbonyl (C=O) groups excluding carboxylic acids is 2. The van der Waals surface area contributed by atoms with Crippen molar-refractivity contribution in [1.29, 1.82) is 0 Å². The van der Waals surface area contributed by atoms with Gasteiger partial charge in [0.2, 0.25) is 0 Å². The van der Waals surface area contributed by atoms with E-state index in [9.17, 15) is 14.0 Å². The molecule has 0 radical (unpaired) electrons. The Labute approximate surface area is 166 Å². The van der Waals surface area contributed by atoms with Gasteiger partial charge in [-0.25, -0.2) is 4.39 Å². The standard InChI is InChI=1S/C20H17ClFNO3S/c1-2-10-23-19(24)18(27-20(23)25)11-13-6-8-14(9-7-13)26-12-15-16(21)4-3-5-17(15)22/h3-9,11H,2,10,12H2,1H3/b18-11-. The van der Waals surface area contributed by atoms with Gasteiger partial charge in [-0.2, -0.15) is 0 Å². The lowest BCUT2D eigenvalue weighted by Gasteiger charge is -2.10. The highest BCUT2D eigenvalue weighted by Gasteiger charge is 2.34. The van der Waals surface area contributed by atoms with E-state index in [0.29, 0.717) is 27.8 Å². The molecule has 0 aliphatic carbocycles. The summed E-state index contributed by atoms with van der Waals surface area (Å²) in [5, 5.41) is 0.0734. The van der Waals surface area contributed by atoms with E-state index in [1.807, 2.05) is 6.92 Å². The predicted octanol–water partition coefficient (Wildman–Crippen LogP) is 5.50. The van der Waals surface area contributed by atoms with Crippen molar-refractivity contribution >= 4 is 40.6 Å². The summed E-state index contributed by atoms with van der Waals surface area (Å²) in [4.78, 5) is 25.8. The van der Waals surface area contributed by atoms with E-state index in [1.54, 1.807) is 36.4 Å². The van der Waals surface area contributed by atoms with Gasteiger partial charge in [-0.1, -0.05) is 36.7 Å². The number of hydrogen-bond donors (Lipinski definition) is 0. The number of halogens is 2. The van der Waals surface area contributed by atoms with Gasteiger partial charge in [0.1, 0.15) is 18.2 Å². The molecule has 1 fully saturated rings. The maximum atomic E-state index is 13.8. The minimum atomic E-state index is -0.415. The molecule has 3 rings (SSSR count). The number of ether oxygens (including phenoxy) is 1. The number of hydrogen-bond acceptors (Lipinski definition) is 4. The van der Waals surface area contributed by atoms with Gasteiger partial charge in [0, 0.05) is 12.1 Å². The maximum absolute atomic E-state index is 13.8. The van der Waals surface area contributed by atoms with Crippen molar-refractivity contribution in [3.8, 4) is 5.75 Å². The summed E-state index contributed by atoms with van der Waals surface area (Å²) in [6.45, 7) is 2.36. The van der Waals surface area contributed by atoms with E-state index < -0.39 is 5.82 Å². The Balaban J connectivity index is 1.67. The van der Waals surface area contributed by atoms with Gasteiger partial charge in [0.25, 0.3) is 11.1 Å². The van der Waals surface area contributed by atoms with E-state index in [1.165, 1.54) is 17.0 Å². The minimum Gasteiger partial charge on any atom is -0.489 e. The number of benzene rings is 2. The second-order valence-corrected chi connectivity index (χ2v) is 7.29. The van der Waals surface area contributed by atoms with Crippen LogP contribution in [0.25, 0.3) is 6.08 Å². The molecule has 4 nitrogen and oxygen atoms in total. The topological polar surface area (TPSA) is 46.6 Å². The van der Waals surface area contributed by atoms with Crippen LogP contribution in [0.15, 0.2) is 47.4 Å². The Bertz CT molecular complexity index is 878. The molecule has 7 heteroatoms. The SMILES string of the molecule is CCCN1C(=O)S/C(=C\c2ccc(OCc3c(F)cccc3Cl)cc2)C1=O. The first kappa shape index (κ1) is 19.5. The first-order chi connectivity index (χ1) is 13.0. The normalized spacial score (nSPS) is 15.7. The summed E-state index contributed by atoms with van der Waals surface area (Å²) in [6.07, 6.45) is 2.40. The second-order valence-electron chi connectivity index (χ2n) is 5.89. The second kappa shape index (κ2) is 8.59. The molecular weight excluding hydrogens is 389 g/mol. The highest BCUT2D eigenvalue weighted by atomic mass is 35.5. The molecule has 0 spiro atoms. The van der Waals surface area contributed by atoms with Crippen molar-refractivity contribution < 1.29 is 18.7 Å². The fraction of sp³-hybridized carbons (Fsp3) is 0.200. The zero-order chi connectivity index (χ0) is 19.4. The Morgan fingerprint density at radius 2 is 1.93 bits per heavy atom. The average Bonchev–Trinajstić information content (AvgIpc) is 2.90. The molecule has 0 bridgehead atoms. The third-order valence-electron chi connectivity index (χ3n) is 3.94. The molecule has 1 aliphatic heterocycles. The quantitative estimate of drug-likeness (QED) is 0.595. The van der Waals surface area contributed by atoms with Crippen LogP contribution in [0, 0.1) is 5.82 Å². The lowest BCUT2D eigenvalue weighted by atomic mass is 10.2. The number of thioether (sulfide) groups is 1. The molecule has 1 heterocycles. The van der Waals surface area contributed by atoms with Crippen molar-refractivity contribution in [2.45, 2.75) is 20.0 Å². The molecule has 0 aromatic heterocycles. The zero-order valence-corrected chi connectivity index (χ0v) is 16.1. The fourth-order valence-corrected chi connectivity index (χ4v) is 3.64. The first-order valence-corrected chi connectivity index (χ1v) is 9.60. The van der Waals surface area contributed by atoms with Gasteiger partial charge in [-0.05, 0) is 54.1 Å². The van der Waals surface area contributed by atoms with Gasteiger partial charge in [-0.15, -0.1) is 0 Å². The van der Waals surface area contributed by atoms with Crippen LogP contribution in [0.5, 0.6) is 5.75 Å². The number of amides is 2. The minimum absolute atomic E-state index is 0.0146. The molecule has 0 unspecified atom stereocenters. The molecule has 2 aromatic carbocycles. The molecule has 0 atom stereocenters. The lowest BCUT2D eigenvalue weighted by Crippen LogP contribution is -2.28. The van der Waals surface area contributed by atoms with Crippen molar-refractivity contribution in [3.05, 3.63) is 69.3 Å². The summed E-state index contributed by atoms with van der Waals surface area (Å²) in [5.74, 6) is -0.131. The average molecular weight is 406 g/mol. The Kier molecular flexibility index (Phi) is 6.19. The Morgan fingerprint density at radius 3 is 2.59 bits per heavy atom. The zero-order valence-electron chi connectivity index (χ0n) is 14.6. The van der Waals surface area contributed by atoms with E-state index in [0.717, 1.165) is 23.7 Å². The van der Waals surface area contributed by atoms with Crippen LogP contribution < -0.4 is 4.74 Å². The Hall–Kier alpha value is -2.31. The summed E-state index contributed by atoms with van der Waals surface area (Å²) >= 11 is 6.92. The number of imide groups is 1. The van der Waals surface area contributed by atoms with Crippen LogP contribution in [0.2, 0.25) is 5.02 Å². The molecule has 27 heavy (non-hydrogen) atoms. The lowest BCUT2D eigenvalue weighted by molar-refractivity contribution is -0.122. The molecule has 1 saturated heterocycles. The summed E-state index contributed by atoms with van der Waals surface area (Å²) < 4.78 is 19.3. The van der Waals surface area contributed by atoms with Crippen LogP contribution >= 0.6 is 23.4 Å². The van der Waals surface area contributed by atoms with Gasteiger partial charge in [0.05, 0.1) is 9.93 Å². The van der Waals surface area contributed by atoms with Crippen LogP contribution in [-0.4, -0.2) is 22.6 Å². The summed E-state index contributed by atoms with van der Waals surface area (Å²) in [5.41, 5.74) is 1.07. The number of carbonyl (C=O) groups is 2. The van der Waals surface area contributed by atoms with E-state index >= 15 is 0 Å². The van der Waals surface area contributed by atoms with Crippen LogP contribution in [0.1, 0.15) is 24.5 Å². The van der Waals surface area contributed by atoms with Crippen molar-refractivity contribution in [1.82, 2.24) is 4.90 Å². The van der Waals surface area contributed by atoms with Crippen molar-refractivity contribution in [3.63, 3.8) is 0 Å². The van der Waals surface area contributed by atoms with Crippen LogP contribution in [0.4, 0.5) is 9.18 Å². The number of nitrogens with zero attached hydrogens (tertiary/aromatic N) is 1. The summed E-state index contributed by atoms with van der Waals surface area (Å²) in [6, 6.07) is 11.5. The van der Waals surface area contributed by atoms with Crippen molar-refractivity contribution in [2.75, 3.05) is 6.54 Å². The molecule has 140 valence electrons. The molecule has 2 amide bonds. The van der Waals surface area contributed by atoms with Crippen molar-refractivity contribution in [2.24, 2.45) is 0 Å². The predicted molar refractivity (Wildman–Crippen MR) is 105 cm³/mol. The van der Waals surface area contributed by atoms with Gasteiger partial charge < -0.3 is 4.74 Å². The molecule has 0 N–H and O–H groups in total. The largest absolute Gasteiger partial charge is 0.489 e. The Morgan fingerprint density at radius 1 is 1.19 bits per heavy atom. The highest BCUT2D eigenvalue weighted by molar-refractivity contribution is 8.18. The van der Waals surface area contributed by atoms with Gasteiger partial charge in [0.15, 0.2) is 0 Å². The van der Waals surface area contributed by atoms with Crippen LogP contribution in [0.3, 0.4) is 0 Å². The first-order valence-electron chi connectivity index (χ1n) is 8.40. The van der Waals surface area contributed by atoms with E-state index in [-0.39, 0.29) is 17.8 Å². The van der Waals surface area contributed by atoms with Gasteiger partial charge >= 0.3 is 0 Å². The summed E-state index contributed by atoms with van der Waals surface area (Å²) in [7, 11) is 0. The molecule has 2 aromatic rings. The monoisotopic (exact) mass is 405 g/mol. The number of rotatable bonds is 6. The van der Waals surface area contributed by atoms with E-state index in [4.69, 9.17) is 16.3 Å². The third-order valence-corrected chi connectivity index (χ3v) is 5.21. The smallest absolute Gasteiger partial charge is 0.293 e. The van der Waals surface area contributed by atoms with Crippen LogP contribution in [-0.2, 0) is 11.4 Å². The van der Waals surface area contributed by atoms with E-state index in [2.05, 4.69) is 0 Å². The molecular formula is C20H17ClFNO3S.